The lowest BCUT2D eigenvalue weighted by Crippen LogP contribution is -2.30. The van der Waals surface area contributed by atoms with Crippen LogP contribution in [0.4, 0.5) is 10.1 Å². The molecule has 0 aliphatic rings. The number of rotatable bonds is 8. The van der Waals surface area contributed by atoms with Crippen molar-refractivity contribution < 1.29 is 19.0 Å². The molecular weight excluding hydrogens is 541 g/mol. The molecule has 0 aliphatic carbocycles. The minimum atomic E-state index is -0.503. The quantitative estimate of drug-likeness (QED) is 0.201. The third-order valence-electron chi connectivity index (χ3n) is 7.68. The molecule has 1 amide bonds. The van der Waals surface area contributed by atoms with Gasteiger partial charge in [-0.1, -0.05) is 86.6 Å². The lowest BCUT2D eigenvalue weighted by molar-refractivity contribution is -0.121. The summed E-state index contributed by atoms with van der Waals surface area (Å²) < 4.78 is 22.3. The minimum Gasteiger partial charge on any atom is -0.494 e. The van der Waals surface area contributed by atoms with Gasteiger partial charge in [-0.2, -0.15) is 0 Å². The van der Waals surface area contributed by atoms with Crippen LogP contribution in [0.5, 0.6) is 11.6 Å². The van der Waals surface area contributed by atoms with Gasteiger partial charge in [-0.25, -0.2) is 4.39 Å². The maximum atomic E-state index is 13.7. The molecule has 0 saturated heterocycles. The molecule has 0 fully saturated rings. The average molecular weight is 574 g/mol. The Morgan fingerprint density at radius 2 is 1.53 bits per heavy atom. The molecule has 1 N–H and O–H groups in total. The van der Waals surface area contributed by atoms with Gasteiger partial charge in [0.15, 0.2) is 5.75 Å². The summed E-state index contributed by atoms with van der Waals surface area (Å²) in [5.41, 5.74) is 3.84. The fourth-order valence-corrected chi connectivity index (χ4v) is 5.57. The third-order valence-corrected chi connectivity index (χ3v) is 7.68. The highest BCUT2D eigenvalue weighted by molar-refractivity contribution is 6.20. The first kappa shape index (κ1) is 28.0. The van der Waals surface area contributed by atoms with Crippen molar-refractivity contribution in [3.8, 4) is 11.6 Å². The van der Waals surface area contributed by atoms with Gasteiger partial charge in [-0.3, -0.25) is 9.78 Å². The Morgan fingerprint density at radius 1 is 0.907 bits per heavy atom. The number of hydrogen-bond donors (Lipinski definition) is 1. The molecule has 0 bridgehead atoms. The van der Waals surface area contributed by atoms with E-state index in [0.717, 1.165) is 22.1 Å². The molecule has 0 radical (unpaired) electrons. The monoisotopic (exact) mass is 573 g/mol. The molecule has 6 aromatic rings. The normalized spacial score (nSPS) is 11.5. The summed E-state index contributed by atoms with van der Waals surface area (Å²) >= 11 is 0. The summed E-state index contributed by atoms with van der Waals surface area (Å²) in [6, 6.07) is 29.7. The van der Waals surface area contributed by atoms with Gasteiger partial charge in [0, 0.05) is 36.1 Å². The smallest absolute Gasteiger partial charge is 0.229 e. The first-order chi connectivity index (χ1) is 20.8. The predicted molar refractivity (Wildman–Crippen MR) is 168 cm³/mol. The number of carbonyl (C=O) groups excluding carboxylic acids is 1. The summed E-state index contributed by atoms with van der Waals surface area (Å²) in [5.74, 6) is -0.278. The van der Waals surface area contributed by atoms with Crippen LogP contribution in [0.1, 0.15) is 36.6 Å². The van der Waals surface area contributed by atoms with Crippen molar-refractivity contribution in [3.63, 3.8) is 0 Å². The maximum absolute atomic E-state index is 13.7. The molecule has 6 rings (SSSR count). The Kier molecular flexibility index (Phi) is 7.55. The highest BCUT2D eigenvalue weighted by Gasteiger charge is 2.29. The van der Waals surface area contributed by atoms with E-state index in [1.165, 1.54) is 12.1 Å². The van der Waals surface area contributed by atoms with Crippen LogP contribution in [-0.2, 0) is 11.3 Å². The van der Waals surface area contributed by atoms with Gasteiger partial charge >= 0.3 is 0 Å². The van der Waals surface area contributed by atoms with Gasteiger partial charge < -0.3 is 19.3 Å². The van der Waals surface area contributed by atoms with Crippen molar-refractivity contribution >= 4 is 33.3 Å². The van der Waals surface area contributed by atoms with E-state index in [1.54, 1.807) is 34.8 Å². The van der Waals surface area contributed by atoms with Crippen LogP contribution < -0.4 is 9.64 Å². The molecule has 2 aromatic heterocycles. The fraction of sp³-hybridized carbons (Fsp3) is 0.167. The van der Waals surface area contributed by atoms with Crippen molar-refractivity contribution in [2.24, 2.45) is 5.92 Å². The molecule has 2 heterocycles. The van der Waals surface area contributed by atoms with Crippen molar-refractivity contribution in [3.05, 3.63) is 132 Å². The molecule has 7 heteroatoms. The van der Waals surface area contributed by atoms with Gasteiger partial charge in [0.05, 0.1) is 17.6 Å². The standard InChI is InChI=1S/C36H32FN3O3/c1-23(2)35(41)39(3)32-28-15-10-20-38-31(28)34(43-33(25-11-6-4-7-12-25)26-13-8-5-9-14-26)30-29(32)22-40(36(30)42)21-24-16-18-27(37)19-17-24/h4-20,22-23,33,42H,21H2,1-3H3. The van der Waals surface area contributed by atoms with E-state index >= 15 is 0 Å². The second-order valence-electron chi connectivity index (χ2n) is 10.9. The van der Waals surface area contributed by atoms with Crippen molar-refractivity contribution in [2.45, 2.75) is 26.5 Å². The number of fused-ring (bicyclic) bond motifs is 2. The Balaban J connectivity index is 1.63. The number of ether oxygens (including phenoxy) is 1. The van der Waals surface area contributed by atoms with Gasteiger partial charge in [-0.15, -0.1) is 0 Å². The van der Waals surface area contributed by atoms with Crippen LogP contribution in [0.3, 0.4) is 0 Å². The van der Waals surface area contributed by atoms with E-state index < -0.39 is 6.10 Å². The summed E-state index contributed by atoms with van der Waals surface area (Å²) in [6.07, 6.45) is 3.01. The van der Waals surface area contributed by atoms with Crippen LogP contribution in [0.2, 0.25) is 0 Å². The van der Waals surface area contributed by atoms with Gasteiger partial charge in [0.25, 0.3) is 0 Å². The maximum Gasteiger partial charge on any atom is 0.229 e. The van der Waals surface area contributed by atoms with Crippen LogP contribution in [0.15, 0.2) is 109 Å². The number of carbonyl (C=O) groups is 1. The van der Waals surface area contributed by atoms with Gasteiger partial charge in [0.2, 0.25) is 11.8 Å². The number of benzene rings is 4. The van der Waals surface area contributed by atoms with Gasteiger partial charge in [-0.05, 0) is 41.0 Å². The molecule has 43 heavy (non-hydrogen) atoms. The van der Waals surface area contributed by atoms with Crippen molar-refractivity contribution in [1.82, 2.24) is 9.55 Å². The van der Waals surface area contributed by atoms with Crippen LogP contribution in [0, 0.1) is 11.7 Å². The van der Waals surface area contributed by atoms with Crippen molar-refractivity contribution in [1.29, 1.82) is 0 Å². The molecule has 0 aliphatic heterocycles. The fourth-order valence-electron chi connectivity index (χ4n) is 5.57. The van der Waals surface area contributed by atoms with Crippen LogP contribution in [0.25, 0.3) is 21.7 Å². The summed E-state index contributed by atoms with van der Waals surface area (Å²) in [6.45, 7) is 4.00. The lowest BCUT2D eigenvalue weighted by Gasteiger charge is -2.25. The van der Waals surface area contributed by atoms with Gasteiger partial charge in [0.1, 0.15) is 17.4 Å². The topological polar surface area (TPSA) is 67.6 Å². The summed E-state index contributed by atoms with van der Waals surface area (Å²) in [7, 11) is 1.75. The van der Waals surface area contributed by atoms with E-state index in [4.69, 9.17) is 9.72 Å². The molecule has 0 atom stereocenters. The van der Waals surface area contributed by atoms with Crippen LogP contribution >= 0.6 is 0 Å². The highest BCUT2D eigenvalue weighted by Crippen LogP contribution is 2.48. The zero-order valence-electron chi connectivity index (χ0n) is 24.2. The molecule has 0 spiro atoms. The number of nitrogens with zero attached hydrogens (tertiary/aromatic N) is 3. The Labute approximate surface area is 249 Å². The van der Waals surface area contributed by atoms with E-state index in [0.29, 0.717) is 27.7 Å². The number of halogens is 1. The van der Waals surface area contributed by atoms with E-state index in [1.807, 2.05) is 92.8 Å². The molecule has 0 unspecified atom stereocenters. The second-order valence-corrected chi connectivity index (χ2v) is 10.9. The zero-order chi connectivity index (χ0) is 30.1. The molecule has 4 aromatic carbocycles. The Hall–Kier alpha value is -5.17. The highest BCUT2D eigenvalue weighted by atomic mass is 19.1. The number of anilines is 1. The van der Waals surface area contributed by atoms with E-state index in [-0.39, 0.29) is 30.1 Å². The summed E-state index contributed by atoms with van der Waals surface area (Å²) in [4.78, 5) is 19.7. The second kappa shape index (κ2) is 11.6. The Bertz CT molecular complexity index is 1860. The van der Waals surface area contributed by atoms with E-state index in [2.05, 4.69) is 0 Å². The lowest BCUT2D eigenvalue weighted by atomic mass is 10.0. The number of aromatic nitrogens is 2. The molecule has 216 valence electrons. The first-order valence-corrected chi connectivity index (χ1v) is 14.2. The SMILES string of the molecule is CC(C)C(=O)N(C)c1c2cccnc2c(OC(c2ccccc2)c2ccccc2)c2c(O)n(Cc3ccc(F)cc3)cc12. The Morgan fingerprint density at radius 3 is 2.14 bits per heavy atom. The predicted octanol–water partition coefficient (Wildman–Crippen LogP) is 7.87. The number of pyridine rings is 1. The number of aromatic hydroxyl groups is 1. The summed E-state index contributed by atoms with van der Waals surface area (Å²) in [5, 5.41) is 13.6. The zero-order valence-corrected chi connectivity index (χ0v) is 24.2. The number of hydrogen-bond acceptors (Lipinski definition) is 4. The van der Waals surface area contributed by atoms with E-state index in [9.17, 15) is 14.3 Å². The number of amides is 1. The largest absolute Gasteiger partial charge is 0.494 e. The van der Waals surface area contributed by atoms with Crippen molar-refractivity contribution in [2.75, 3.05) is 11.9 Å². The molecular formula is C36H32FN3O3. The first-order valence-electron chi connectivity index (χ1n) is 14.2. The average Bonchev–Trinajstić information content (AvgIpc) is 3.35. The van der Waals surface area contributed by atoms with Crippen LogP contribution in [-0.4, -0.2) is 27.6 Å². The third kappa shape index (κ3) is 5.30. The minimum absolute atomic E-state index is 0.0339. The molecule has 0 saturated carbocycles. The molecule has 6 nitrogen and oxygen atoms in total.